The molecule has 2 amide bonds. The number of hydrogen-bond donors (Lipinski definition) is 1. The van der Waals surface area contributed by atoms with E-state index in [2.05, 4.69) is 9.97 Å². The standard InChI is InChI=1S/C28H30Cl2N6O4S/c1-18-31-17-23(27(37)32-18)26-33-24(19-3-7-21(29)8-4-19)25(20-5-9-22(30)10-6-20)36(26)28(38)35-13-11-34(12-14-35)15-16-41(2,39)40/h3-10,17,24-25H,11-16H2,1-2H3,(H,31,32,37)/t24-,25+/m0/s1. The fourth-order valence-electron chi connectivity index (χ4n) is 5.11. The number of H-pyrrole nitrogens is 1. The van der Waals surface area contributed by atoms with Crippen molar-refractivity contribution in [1.82, 2.24) is 24.7 Å². The van der Waals surface area contributed by atoms with E-state index in [0.717, 1.165) is 11.1 Å². The Kier molecular flexibility index (Phi) is 8.51. The Bertz CT molecular complexity index is 1620. The number of aromatic nitrogens is 2. The average molecular weight is 618 g/mol. The SMILES string of the molecule is Cc1ncc(C2=N[C@@H](c3ccc(Cl)cc3)[C@@H](c3ccc(Cl)cc3)N2C(=O)N2CCN(CCS(C)(=O)=O)CC2)c(=O)[nH]1. The van der Waals surface area contributed by atoms with Crippen LogP contribution in [0.3, 0.4) is 0 Å². The van der Waals surface area contributed by atoms with Crippen LogP contribution >= 0.6 is 23.2 Å². The van der Waals surface area contributed by atoms with E-state index >= 15 is 0 Å². The number of urea groups is 1. The Morgan fingerprint density at radius 1 is 0.976 bits per heavy atom. The zero-order valence-corrected chi connectivity index (χ0v) is 25.0. The summed E-state index contributed by atoms with van der Waals surface area (Å²) in [6.45, 7) is 3.94. The van der Waals surface area contributed by atoms with Gasteiger partial charge in [0.15, 0.2) is 0 Å². The highest BCUT2D eigenvalue weighted by atomic mass is 35.5. The molecule has 1 fully saturated rings. The first-order chi connectivity index (χ1) is 19.5. The van der Waals surface area contributed by atoms with Crippen LogP contribution in [0.15, 0.2) is 64.5 Å². The predicted octanol–water partition coefficient (Wildman–Crippen LogP) is 3.71. The largest absolute Gasteiger partial charge is 0.326 e. The van der Waals surface area contributed by atoms with Gasteiger partial charge in [0.05, 0.1) is 11.8 Å². The van der Waals surface area contributed by atoms with E-state index in [-0.39, 0.29) is 23.2 Å². The van der Waals surface area contributed by atoms with E-state index in [1.54, 1.807) is 41.0 Å². The van der Waals surface area contributed by atoms with Crippen LogP contribution in [0.2, 0.25) is 10.0 Å². The number of rotatable bonds is 6. The second kappa shape index (κ2) is 11.9. The number of sulfone groups is 1. The lowest BCUT2D eigenvalue weighted by Crippen LogP contribution is -2.55. The lowest BCUT2D eigenvalue weighted by molar-refractivity contribution is 0.122. The molecule has 13 heteroatoms. The van der Waals surface area contributed by atoms with Gasteiger partial charge in [-0.3, -0.25) is 19.6 Å². The Morgan fingerprint density at radius 3 is 2.12 bits per heavy atom. The van der Waals surface area contributed by atoms with Crippen LogP contribution in [0, 0.1) is 6.92 Å². The normalized spacial score (nSPS) is 19.9. The molecule has 1 saturated heterocycles. The number of aryl methyl sites for hydroxylation is 1. The van der Waals surface area contributed by atoms with Crippen molar-refractivity contribution in [3.05, 3.63) is 97.6 Å². The summed E-state index contributed by atoms with van der Waals surface area (Å²) in [5, 5.41) is 1.12. The summed E-state index contributed by atoms with van der Waals surface area (Å²) in [7, 11) is -3.09. The van der Waals surface area contributed by atoms with Gasteiger partial charge in [-0.15, -0.1) is 0 Å². The van der Waals surface area contributed by atoms with E-state index in [0.29, 0.717) is 48.6 Å². The molecule has 3 heterocycles. The van der Waals surface area contributed by atoms with Crippen LogP contribution in [0.1, 0.15) is 34.6 Å². The summed E-state index contributed by atoms with van der Waals surface area (Å²) in [6, 6.07) is 13.1. The topological polar surface area (TPSA) is 119 Å². The molecule has 0 radical (unpaired) electrons. The molecule has 2 atom stereocenters. The zero-order chi connectivity index (χ0) is 29.3. The molecule has 2 aliphatic heterocycles. The third kappa shape index (κ3) is 6.64. The van der Waals surface area contributed by atoms with Crippen molar-refractivity contribution in [2.45, 2.75) is 19.0 Å². The number of halogens is 2. The molecule has 5 rings (SSSR count). The number of carbonyl (C=O) groups excluding carboxylic acids is 1. The van der Waals surface area contributed by atoms with Crippen LogP contribution < -0.4 is 5.56 Å². The van der Waals surface area contributed by atoms with Crippen LogP contribution in [-0.2, 0) is 9.84 Å². The average Bonchev–Trinajstić information content (AvgIpc) is 3.32. The lowest BCUT2D eigenvalue weighted by Gasteiger charge is -2.38. The van der Waals surface area contributed by atoms with Gasteiger partial charge in [0.2, 0.25) is 0 Å². The Balaban J connectivity index is 1.55. The maximum Gasteiger partial charge on any atom is 0.326 e. The van der Waals surface area contributed by atoms with Gasteiger partial charge in [0.1, 0.15) is 33.1 Å². The van der Waals surface area contributed by atoms with E-state index in [9.17, 15) is 18.0 Å². The number of amidine groups is 1. The van der Waals surface area contributed by atoms with Gasteiger partial charge in [0, 0.05) is 55.2 Å². The zero-order valence-electron chi connectivity index (χ0n) is 22.6. The molecule has 10 nitrogen and oxygen atoms in total. The summed E-state index contributed by atoms with van der Waals surface area (Å²) in [5.41, 5.74) is 1.41. The first-order valence-electron chi connectivity index (χ1n) is 13.1. The second-order valence-electron chi connectivity index (χ2n) is 10.3. The summed E-state index contributed by atoms with van der Waals surface area (Å²) in [5.74, 6) is 0.737. The third-order valence-corrected chi connectivity index (χ3v) is 8.71. The van der Waals surface area contributed by atoms with Gasteiger partial charge in [-0.25, -0.2) is 18.2 Å². The quantitative estimate of drug-likeness (QED) is 0.451. The lowest BCUT2D eigenvalue weighted by atomic mass is 9.94. The number of carbonyl (C=O) groups is 1. The smallest absolute Gasteiger partial charge is 0.322 e. The molecule has 2 aromatic carbocycles. The highest BCUT2D eigenvalue weighted by Crippen LogP contribution is 2.44. The molecular formula is C28H30Cl2N6O4S. The first-order valence-corrected chi connectivity index (χ1v) is 15.9. The van der Waals surface area contributed by atoms with Crippen LogP contribution in [0.25, 0.3) is 0 Å². The molecule has 3 aromatic rings. The molecular weight excluding hydrogens is 587 g/mol. The maximum absolute atomic E-state index is 14.3. The van der Waals surface area contributed by atoms with Gasteiger partial charge in [0.25, 0.3) is 5.56 Å². The molecule has 0 spiro atoms. The van der Waals surface area contributed by atoms with Gasteiger partial charge < -0.3 is 9.88 Å². The van der Waals surface area contributed by atoms with Crippen molar-refractivity contribution in [3.8, 4) is 0 Å². The molecule has 0 bridgehead atoms. The molecule has 216 valence electrons. The monoisotopic (exact) mass is 616 g/mol. The van der Waals surface area contributed by atoms with Crippen LogP contribution in [0.4, 0.5) is 4.79 Å². The highest BCUT2D eigenvalue weighted by molar-refractivity contribution is 7.90. The molecule has 2 aliphatic rings. The van der Waals surface area contributed by atoms with Gasteiger partial charge in [-0.1, -0.05) is 47.5 Å². The second-order valence-corrected chi connectivity index (χ2v) is 13.4. The van der Waals surface area contributed by atoms with Crippen molar-refractivity contribution < 1.29 is 13.2 Å². The van der Waals surface area contributed by atoms with Crippen LogP contribution in [0.5, 0.6) is 0 Å². The minimum absolute atomic E-state index is 0.0640. The van der Waals surface area contributed by atoms with Crippen molar-refractivity contribution in [3.63, 3.8) is 0 Å². The minimum atomic E-state index is -3.09. The van der Waals surface area contributed by atoms with E-state index < -0.39 is 27.5 Å². The maximum atomic E-state index is 14.3. The number of nitrogens with zero attached hydrogens (tertiary/aromatic N) is 5. The van der Waals surface area contributed by atoms with Crippen molar-refractivity contribution in [2.75, 3.05) is 44.7 Å². The van der Waals surface area contributed by atoms with Crippen molar-refractivity contribution in [1.29, 1.82) is 0 Å². The summed E-state index contributed by atoms with van der Waals surface area (Å²) in [4.78, 5) is 44.8. The molecule has 0 unspecified atom stereocenters. The molecule has 0 aliphatic carbocycles. The highest BCUT2D eigenvalue weighted by Gasteiger charge is 2.45. The van der Waals surface area contributed by atoms with Gasteiger partial charge >= 0.3 is 6.03 Å². The number of hydrogen-bond acceptors (Lipinski definition) is 7. The fourth-order valence-corrected chi connectivity index (χ4v) is 5.95. The summed E-state index contributed by atoms with van der Waals surface area (Å²) >= 11 is 12.4. The van der Waals surface area contributed by atoms with Crippen LogP contribution in [-0.4, -0.2) is 89.7 Å². The molecule has 1 aromatic heterocycles. The molecule has 0 saturated carbocycles. The molecule has 41 heavy (non-hydrogen) atoms. The van der Waals surface area contributed by atoms with E-state index in [1.807, 2.05) is 29.2 Å². The minimum Gasteiger partial charge on any atom is -0.322 e. The number of piperazine rings is 1. The van der Waals surface area contributed by atoms with Gasteiger partial charge in [-0.2, -0.15) is 0 Å². The number of aliphatic imine (C=N–C) groups is 1. The fraction of sp³-hybridized carbons (Fsp3) is 0.357. The number of aromatic amines is 1. The van der Waals surface area contributed by atoms with E-state index in [4.69, 9.17) is 28.2 Å². The van der Waals surface area contributed by atoms with Crippen molar-refractivity contribution >= 4 is 44.9 Å². The Morgan fingerprint density at radius 2 is 1.56 bits per heavy atom. The Labute approximate surface area is 248 Å². The predicted molar refractivity (Wildman–Crippen MR) is 159 cm³/mol. The number of nitrogens with one attached hydrogen (secondary N) is 1. The molecule has 1 N–H and O–H groups in total. The third-order valence-electron chi connectivity index (χ3n) is 7.28. The Hall–Kier alpha value is -3.25. The van der Waals surface area contributed by atoms with Crippen molar-refractivity contribution in [2.24, 2.45) is 4.99 Å². The number of amides is 2. The summed E-state index contributed by atoms with van der Waals surface area (Å²) < 4.78 is 23.3. The van der Waals surface area contributed by atoms with Gasteiger partial charge in [-0.05, 0) is 42.3 Å². The summed E-state index contributed by atoms with van der Waals surface area (Å²) in [6.07, 6.45) is 2.66. The van der Waals surface area contributed by atoms with E-state index in [1.165, 1.54) is 12.5 Å². The first kappa shape index (κ1) is 29.2. The number of benzene rings is 2.